The molecule has 2 rings (SSSR count). The van der Waals surface area contributed by atoms with E-state index in [1.54, 1.807) is 23.9 Å². The van der Waals surface area contributed by atoms with Gasteiger partial charge in [0.2, 0.25) is 0 Å². The number of benzene rings is 2. The Bertz CT molecular complexity index is 510. The highest BCUT2D eigenvalue weighted by molar-refractivity contribution is 7.99. The summed E-state index contributed by atoms with van der Waals surface area (Å²) in [5.74, 6) is 1.21. The molecule has 3 nitrogen and oxygen atoms in total. The maximum absolute atomic E-state index is 9.97. The summed E-state index contributed by atoms with van der Waals surface area (Å²) in [6, 6.07) is 15.4. The molecule has 0 heterocycles. The van der Waals surface area contributed by atoms with Crippen molar-refractivity contribution in [3.63, 3.8) is 0 Å². The number of para-hydroxylation sites is 2. The maximum atomic E-state index is 9.97. The van der Waals surface area contributed by atoms with E-state index in [1.165, 1.54) is 10.5 Å². The zero-order chi connectivity index (χ0) is 14.4. The minimum atomic E-state index is -0.529. The average Bonchev–Trinajstić information content (AvgIpc) is 2.45. The van der Waals surface area contributed by atoms with Gasteiger partial charge in [0.05, 0.1) is 11.8 Å². The molecule has 0 aliphatic carbocycles. The lowest BCUT2D eigenvalue weighted by molar-refractivity contribution is 0.127. The number of nitrogens with two attached hydrogens (primary N) is 1. The molecule has 106 valence electrons. The van der Waals surface area contributed by atoms with E-state index in [4.69, 9.17) is 10.5 Å². The average molecular weight is 289 g/mol. The first kappa shape index (κ1) is 14.8. The van der Waals surface area contributed by atoms with Gasteiger partial charge in [0.15, 0.2) is 0 Å². The van der Waals surface area contributed by atoms with Gasteiger partial charge in [0.25, 0.3) is 0 Å². The molecule has 0 spiro atoms. The van der Waals surface area contributed by atoms with E-state index in [2.05, 4.69) is 19.1 Å². The zero-order valence-electron chi connectivity index (χ0n) is 11.5. The highest BCUT2D eigenvalue weighted by Gasteiger charge is 2.08. The molecule has 0 aromatic heterocycles. The van der Waals surface area contributed by atoms with E-state index in [9.17, 15) is 5.11 Å². The van der Waals surface area contributed by atoms with Crippen LogP contribution < -0.4 is 10.5 Å². The Hall–Kier alpha value is -1.65. The normalized spacial score (nSPS) is 12.1. The molecule has 0 fully saturated rings. The molecule has 0 saturated carbocycles. The van der Waals surface area contributed by atoms with Gasteiger partial charge < -0.3 is 15.6 Å². The first-order chi connectivity index (χ1) is 9.66. The van der Waals surface area contributed by atoms with Gasteiger partial charge in [-0.3, -0.25) is 0 Å². The second-order valence-electron chi connectivity index (χ2n) is 4.58. The summed E-state index contributed by atoms with van der Waals surface area (Å²) in [6.45, 7) is 2.31. The molecule has 1 atom stereocenters. The van der Waals surface area contributed by atoms with Gasteiger partial charge in [0, 0.05) is 10.6 Å². The van der Waals surface area contributed by atoms with Gasteiger partial charge in [-0.25, -0.2) is 0 Å². The predicted octanol–water partition coefficient (Wildman–Crippen LogP) is 3.11. The second kappa shape index (κ2) is 7.22. The van der Waals surface area contributed by atoms with E-state index in [0.29, 0.717) is 17.2 Å². The SMILES string of the molecule is Cc1ccccc1SCC(O)COc1ccccc1N. The molecule has 2 aromatic rings. The lowest BCUT2D eigenvalue weighted by Crippen LogP contribution is -2.20. The summed E-state index contributed by atoms with van der Waals surface area (Å²) in [7, 11) is 0. The minimum absolute atomic E-state index is 0.243. The van der Waals surface area contributed by atoms with Crippen LogP contribution in [0.3, 0.4) is 0 Å². The molecule has 20 heavy (non-hydrogen) atoms. The number of nitrogen functional groups attached to an aromatic ring is 1. The van der Waals surface area contributed by atoms with Crippen LogP contribution in [0.25, 0.3) is 0 Å². The molecular formula is C16H19NO2S. The number of aryl methyl sites for hydroxylation is 1. The fraction of sp³-hybridized carbons (Fsp3) is 0.250. The van der Waals surface area contributed by atoms with Gasteiger partial charge in [0.1, 0.15) is 12.4 Å². The van der Waals surface area contributed by atoms with Crippen LogP contribution in [0.5, 0.6) is 5.75 Å². The third-order valence-electron chi connectivity index (χ3n) is 2.88. The van der Waals surface area contributed by atoms with Gasteiger partial charge in [-0.2, -0.15) is 0 Å². The lowest BCUT2D eigenvalue weighted by atomic mass is 10.2. The number of anilines is 1. The van der Waals surface area contributed by atoms with Crippen LogP contribution in [0.15, 0.2) is 53.4 Å². The van der Waals surface area contributed by atoms with Crippen LogP contribution >= 0.6 is 11.8 Å². The molecule has 1 unspecified atom stereocenters. The van der Waals surface area contributed by atoms with E-state index in [0.717, 1.165) is 0 Å². The monoisotopic (exact) mass is 289 g/mol. The Morgan fingerprint density at radius 3 is 2.60 bits per heavy atom. The van der Waals surface area contributed by atoms with Gasteiger partial charge in [-0.15, -0.1) is 11.8 Å². The smallest absolute Gasteiger partial charge is 0.142 e. The van der Waals surface area contributed by atoms with Crippen LogP contribution in [-0.2, 0) is 0 Å². The Balaban J connectivity index is 1.80. The summed E-state index contributed by atoms with van der Waals surface area (Å²) >= 11 is 1.63. The van der Waals surface area contributed by atoms with Crippen LogP contribution in [0.2, 0.25) is 0 Å². The van der Waals surface area contributed by atoms with Crippen molar-refractivity contribution < 1.29 is 9.84 Å². The largest absolute Gasteiger partial charge is 0.489 e. The van der Waals surface area contributed by atoms with Crippen LogP contribution in [0.4, 0.5) is 5.69 Å². The summed E-state index contributed by atoms with van der Waals surface area (Å²) in [6.07, 6.45) is -0.529. The topological polar surface area (TPSA) is 55.5 Å². The van der Waals surface area contributed by atoms with Gasteiger partial charge in [-0.05, 0) is 30.7 Å². The molecule has 0 saturated heterocycles. The number of aliphatic hydroxyl groups excluding tert-OH is 1. The Morgan fingerprint density at radius 1 is 1.15 bits per heavy atom. The predicted molar refractivity (Wildman–Crippen MR) is 84.3 cm³/mol. The van der Waals surface area contributed by atoms with Crippen LogP contribution in [-0.4, -0.2) is 23.6 Å². The summed E-state index contributed by atoms with van der Waals surface area (Å²) in [5, 5.41) is 9.97. The van der Waals surface area contributed by atoms with E-state index in [-0.39, 0.29) is 6.61 Å². The van der Waals surface area contributed by atoms with Gasteiger partial charge >= 0.3 is 0 Å². The van der Waals surface area contributed by atoms with Crippen molar-refractivity contribution in [1.82, 2.24) is 0 Å². The fourth-order valence-corrected chi connectivity index (χ4v) is 2.69. The maximum Gasteiger partial charge on any atom is 0.142 e. The molecule has 3 N–H and O–H groups in total. The first-order valence-corrected chi connectivity index (χ1v) is 7.49. The molecule has 2 aromatic carbocycles. The summed E-state index contributed by atoms with van der Waals surface area (Å²) < 4.78 is 5.53. The standard InChI is InChI=1S/C16H19NO2S/c1-12-6-2-5-9-16(12)20-11-13(18)10-19-15-8-4-3-7-14(15)17/h2-9,13,18H,10-11,17H2,1H3. The lowest BCUT2D eigenvalue weighted by Gasteiger charge is -2.14. The zero-order valence-corrected chi connectivity index (χ0v) is 12.3. The molecular weight excluding hydrogens is 270 g/mol. The molecule has 0 amide bonds. The van der Waals surface area contributed by atoms with Crippen molar-refractivity contribution in [3.8, 4) is 5.75 Å². The van der Waals surface area contributed by atoms with E-state index < -0.39 is 6.10 Å². The number of rotatable bonds is 6. The van der Waals surface area contributed by atoms with Crippen molar-refractivity contribution in [2.45, 2.75) is 17.9 Å². The van der Waals surface area contributed by atoms with Crippen LogP contribution in [0, 0.1) is 6.92 Å². The Morgan fingerprint density at radius 2 is 1.85 bits per heavy atom. The summed E-state index contributed by atoms with van der Waals surface area (Å²) in [5.41, 5.74) is 7.59. The number of hydrogen-bond acceptors (Lipinski definition) is 4. The molecule has 0 aliphatic heterocycles. The van der Waals surface area contributed by atoms with Crippen molar-refractivity contribution in [3.05, 3.63) is 54.1 Å². The number of hydrogen-bond donors (Lipinski definition) is 2. The van der Waals surface area contributed by atoms with Crippen molar-refractivity contribution in [1.29, 1.82) is 0 Å². The Labute approximate surface area is 123 Å². The van der Waals surface area contributed by atoms with Crippen molar-refractivity contribution in [2.75, 3.05) is 18.1 Å². The van der Waals surface area contributed by atoms with Crippen LogP contribution in [0.1, 0.15) is 5.56 Å². The molecule has 0 bridgehead atoms. The molecule has 0 aliphatic rings. The van der Waals surface area contributed by atoms with E-state index in [1.807, 2.05) is 24.3 Å². The highest BCUT2D eigenvalue weighted by atomic mass is 32.2. The highest BCUT2D eigenvalue weighted by Crippen LogP contribution is 2.23. The third kappa shape index (κ3) is 4.18. The van der Waals surface area contributed by atoms with Gasteiger partial charge in [-0.1, -0.05) is 30.3 Å². The van der Waals surface area contributed by atoms with Crippen molar-refractivity contribution >= 4 is 17.4 Å². The fourth-order valence-electron chi connectivity index (χ4n) is 1.75. The Kier molecular flexibility index (Phi) is 5.32. The summed E-state index contributed by atoms with van der Waals surface area (Å²) in [4.78, 5) is 1.19. The number of ether oxygens (including phenoxy) is 1. The minimum Gasteiger partial charge on any atom is -0.489 e. The second-order valence-corrected chi connectivity index (χ2v) is 5.64. The molecule has 4 heteroatoms. The first-order valence-electron chi connectivity index (χ1n) is 6.50. The number of thioether (sulfide) groups is 1. The van der Waals surface area contributed by atoms with Crippen molar-refractivity contribution in [2.24, 2.45) is 0 Å². The third-order valence-corrected chi connectivity index (χ3v) is 4.20. The van der Waals surface area contributed by atoms with E-state index >= 15 is 0 Å². The number of aliphatic hydroxyl groups is 1. The molecule has 0 radical (unpaired) electrons. The quantitative estimate of drug-likeness (QED) is 0.634.